The molecule has 1 aliphatic heterocycles. The third-order valence-electron chi connectivity index (χ3n) is 3.95. The summed E-state index contributed by atoms with van der Waals surface area (Å²) in [5, 5.41) is 3.66. The summed E-state index contributed by atoms with van der Waals surface area (Å²) in [7, 11) is 0. The van der Waals surface area contributed by atoms with E-state index in [4.69, 9.17) is 0 Å². The summed E-state index contributed by atoms with van der Waals surface area (Å²) in [5.41, 5.74) is 0. The van der Waals surface area contributed by atoms with E-state index in [1.165, 1.54) is 51.7 Å². The summed E-state index contributed by atoms with van der Waals surface area (Å²) >= 11 is 0. The Bertz CT molecular complexity index is 162. The molecule has 0 aromatic carbocycles. The molecule has 2 nitrogen and oxygen atoms in total. The normalized spacial score (nSPS) is 22.7. The first-order chi connectivity index (χ1) is 7.77. The molecule has 0 aliphatic carbocycles. The maximum Gasteiger partial charge on any atom is 0.0220 e. The van der Waals surface area contributed by atoms with Crippen molar-refractivity contribution in [2.75, 3.05) is 26.2 Å². The molecule has 2 heteroatoms. The van der Waals surface area contributed by atoms with Crippen LogP contribution in [0.25, 0.3) is 0 Å². The quantitative estimate of drug-likeness (QED) is 0.749. The number of nitrogens with one attached hydrogen (secondary N) is 1. The number of hydrogen-bond donors (Lipinski definition) is 1. The van der Waals surface area contributed by atoms with E-state index in [-0.39, 0.29) is 0 Å². The summed E-state index contributed by atoms with van der Waals surface area (Å²) in [6.45, 7) is 11.9. The molecule has 96 valence electrons. The van der Waals surface area contributed by atoms with E-state index < -0.39 is 0 Å². The fourth-order valence-corrected chi connectivity index (χ4v) is 2.59. The average molecular weight is 226 g/mol. The van der Waals surface area contributed by atoms with Gasteiger partial charge in [0.2, 0.25) is 0 Å². The molecule has 0 bridgehead atoms. The lowest BCUT2D eigenvalue weighted by Crippen LogP contribution is -2.45. The standard InChI is InChI=1S/C14H30N2/c1-4-13(3)14(15-5-2)12-16-10-8-6-7-9-11-16/h13-15H,4-12H2,1-3H3. The molecular formula is C14H30N2. The summed E-state index contributed by atoms with van der Waals surface area (Å²) < 4.78 is 0. The maximum atomic E-state index is 3.66. The van der Waals surface area contributed by atoms with Crippen LogP contribution in [0.5, 0.6) is 0 Å². The number of hydrogen-bond acceptors (Lipinski definition) is 2. The topological polar surface area (TPSA) is 15.3 Å². The van der Waals surface area contributed by atoms with Crippen LogP contribution in [0.4, 0.5) is 0 Å². The Kier molecular flexibility index (Phi) is 7.06. The summed E-state index contributed by atoms with van der Waals surface area (Å²) in [6, 6.07) is 0.688. The van der Waals surface area contributed by atoms with Gasteiger partial charge in [-0.3, -0.25) is 0 Å². The Morgan fingerprint density at radius 1 is 1.06 bits per heavy atom. The van der Waals surface area contributed by atoms with Crippen LogP contribution in [0, 0.1) is 5.92 Å². The summed E-state index contributed by atoms with van der Waals surface area (Å²) in [6.07, 6.45) is 6.96. The molecule has 16 heavy (non-hydrogen) atoms. The van der Waals surface area contributed by atoms with Crippen LogP contribution in [0.2, 0.25) is 0 Å². The molecule has 2 atom stereocenters. The van der Waals surface area contributed by atoms with E-state index in [9.17, 15) is 0 Å². The molecule has 0 amide bonds. The number of likely N-dealkylation sites (N-methyl/N-ethyl adjacent to an activating group) is 1. The van der Waals surface area contributed by atoms with Crippen LogP contribution in [-0.2, 0) is 0 Å². The first-order valence-corrected chi connectivity index (χ1v) is 7.23. The first kappa shape index (κ1) is 14.0. The van der Waals surface area contributed by atoms with Crippen molar-refractivity contribution in [3.8, 4) is 0 Å². The van der Waals surface area contributed by atoms with Gasteiger partial charge in [0.25, 0.3) is 0 Å². The van der Waals surface area contributed by atoms with Crippen LogP contribution < -0.4 is 5.32 Å². The van der Waals surface area contributed by atoms with Crippen LogP contribution >= 0.6 is 0 Å². The predicted octanol–water partition coefficient (Wildman–Crippen LogP) is 2.89. The molecule has 1 fully saturated rings. The first-order valence-electron chi connectivity index (χ1n) is 7.23. The zero-order valence-electron chi connectivity index (χ0n) is 11.5. The molecule has 0 aromatic rings. The molecule has 0 radical (unpaired) electrons. The molecule has 0 saturated carbocycles. The highest BCUT2D eigenvalue weighted by Crippen LogP contribution is 2.14. The van der Waals surface area contributed by atoms with Gasteiger partial charge in [-0.05, 0) is 38.4 Å². The Balaban J connectivity index is 2.39. The second-order valence-corrected chi connectivity index (χ2v) is 5.26. The molecular weight excluding hydrogens is 196 g/mol. The second kappa shape index (κ2) is 8.08. The third-order valence-corrected chi connectivity index (χ3v) is 3.95. The van der Waals surface area contributed by atoms with Gasteiger partial charge >= 0.3 is 0 Å². The van der Waals surface area contributed by atoms with Crippen molar-refractivity contribution >= 4 is 0 Å². The third kappa shape index (κ3) is 4.84. The molecule has 1 N–H and O–H groups in total. The minimum absolute atomic E-state index is 0.688. The lowest BCUT2D eigenvalue weighted by Gasteiger charge is -2.30. The highest BCUT2D eigenvalue weighted by atomic mass is 15.1. The van der Waals surface area contributed by atoms with Gasteiger partial charge in [0.1, 0.15) is 0 Å². The minimum atomic E-state index is 0.688. The van der Waals surface area contributed by atoms with Gasteiger partial charge in [-0.2, -0.15) is 0 Å². The molecule has 0 spiro atoms. The molecule has 1 rings (SSSR count). The van der Waals surface area contributed by atoms with Crippen molar-refractivity contribution in [2.24, 2.45) is 5.92 Å². The van der Waals surface area contributed by atoms with Crippen LogP contribution in [0.1, 0.15) is 52.9 Å². The van der Waals surface area contributed by atoms with E-state index in [0.29, 0.717) is 6.04 Å². The Hall–Kier alpha value is -0.0800. The Morgan fingerprint density at radius 3 is 2.19 bits per heavy atom. The molecule has 2 unspecified atom stereocenters. The number of likely N-dealkylation sites (tertiary alicyclic amines) is 1. The van der Waals surface area contributed by atoms with Gasteiger partial charge in [-0.1, -0.05) is 40.0 Å². The predicted molar refractivity (Wildman–Crippen MR) is 71.8 cm³/mol. The molecule has 0 aromatic heterocycles. The number of nitrogens with zero attached hydrogens (tertiary/aromatic N) is 1. The van der Waals surface area contributed by atoms with Gasteiger partial charge in [0.15, 0.2) is 0 Å². The monoisotopic (exact) mass is 226 g/mol. The van der Waals surface area contributed by atoms with Crippen molar-refractivity contribution < 1.29 is 0 Å². The lowest BCUT2D eigenvalue weighted by atomic mass is 9.98. The fraction of sp³-hybridized carbons (Fsp3) is 1.00. The number of rotatable bonds is 6. The van der Waals surface area contributed by atoms with Crippen molar-refractivity contribution in [1.29, 1.82) is 0 Å². The largest absolute Gasteiger partial charge is 0.313 e. The zero-order valence-corrected chi connectivity index (χ0v) is 11.5. The smallest absolute Gasteiger partial charge is 0.0220 e. The van der Waals surface area contributed by atoms with Crippen molar-refractivity contribution in [3.05, 3.63) is 0 Å². The second-order valence-electron chi connectivity index (χ2n) is 5.26. The van der Waals surface area contributed by atoms with Crippen LogP contribution in [0.15, 0.2) is 0 Å². The summed E-state index contributed by atoms with van der Waals surface area (Å²) in [5.74, 6) is 0.795. The van der Waals surface area contributed by atoms with Crippen molar-refractivity contribution in [2.45, 2.75) is 58.9 Å². The van der Waals surface area contributed by atoms with E-state index in [1.807, 2.05) is 0 Å². The fourth-order valence-electron chi connectivity index (χ4n) is 2.59. The van der Waals surface area contributed by atoms with Gasteiger partial charge in [-0.25, -0.2) is 0 Å². The van der Waals surface area contributed by atoms with E-state index >= 15 is 0 Å². The van der Waals surface area contributed by atoms with E-state index in [2.05, 4.69) is 31.0 Å². The van der Waals surface area contributed by atoms with Gasteiger partial charge in [-0.15, -0.1) is 0 Å². The minimum Gasteiger partial charge on any atom is -0.313 e. The molecule has 1 heterocycles. The van der Waals surface area contributed by atoms with E-state index in [0.717, 1.165) is 12.5 Å². The van der Waals surface area contributed by atoms with Crippen molar-refractivity contribution in [1.82, 2.24) is 10.2 Å². The van der Waals surface area contributed by atoms with Gasteiger partial charge in [0, 0.05) is 12.6 Å². The van der Waals surface area contributed by atoms with Crippen LogP contribution in [-0.4, -0.2) is 37.1 Å². The van der Waals surface area contributed by atoms with Crippen molar-refractivity contribution in [3.63, 3.8) is 0 Å². The maximum absolute atomic E-state index is 3.66. The van der Waals surface area contributed by atoms with E-state index in [1.54, 1.807) is 0 Å². The summed E-state index contributed by atoms with van der Waals surface area (Å²) in [4.78, 5) is 2.67. The van der Waals surface area contributed by atoms with Gasteiger partial charge < -0.3 is 10.2 Å². The average Bonchev–Trinajstić information content (AvgIpc) is 2.56. The lowest BCUT2D eigenvalue weighted by molar-refractivity contribution is 0.218. The molecule has 1 saturated heterocycles. The van der Waals surface area contributed by atoms with Gasteiger partial charge in [0.05, 0.1) is 0 Å². The zero-order chi connectivity index (χ0) is 11.8. The molecule has 1 aliphatic rings. The highest BCUT2D eigenvalue weighted by Gasteiger charge is 2.18. The highest BCUT2D eigenvalue weighted by molar-refractivity contribution is 4.77. The SMILES string of the molecule is CCNC(CN1CCCCCC1)C(C)CC. The van der Waals surface area contributed by atoms with Crippen LogP contribution in [0.3, 0.4) is 0 Å². The Morgan fingerprint density at radius 2 is 1.69 bits per heavy atom. The Labute approximate surface area is 102 Å².